The molecule has 2 heterocycles. The Morgan fingerprint density at radius 1 is 0.839 bits per heavy atom. The third-order valence-electron chi connectivity index (χ3n) is 5.00. The monoisotopic (exact) mass is 435 g/mol. The van der Waals surface area contributed by atoms with Crippen LogP contribution < -0.4 is 19.5 Å². The minimum atomic E-state index is 0.388. The average molecular weight is 436 g/mol. The number of rotatable bonds is 7. The predicted molar refractivity (Wildman–Crippen MR) is 123 cm³/mol. The van der Waals surface area contributed by atoms with Crippen LogP contribution in [0, 0.1) is 0 Å². The third kappa shape index (κ3) is 4.34. The molecule has 2 aromatic heterocycles. The number of hydrogen-bond donors (Lipinski definition) is 1. The van der Waals surface area contributed by atoms with Crippen molar-refractivity contribution in [3.05, 3.63) is 71.5 Å². The van der Waals surface area contributed by atoms with Crippen molar-refractivity contribution in [2.24, 2.45) is 0 Å². The van der Waals surface area contributed by atoms with Crippen LogP contribution in [0.25, 0.3) is 22.2 Å². The maximum atomic E-state index is 6.37. The van der Waals surface area contributed by atoms with Crippen LogP contribution in [0.2, 0.25) is 5.15 Å². The smallest absolute Gasteiger partial charge is 0.161 e. The molecule has 2 aromatic carbocycles. The van der Waals surface area contributed by atoms with Crippen molar-refractivity contribution in [2.45, 2.75) is 6.54 Å². The first-order chi connectivity index (χ1) is 15.1. The zero-order chi connectivity index (χ0) is 21.8. The van der Waals surface area contributed by atoms with Crippen LogP contribution in [-0.2, 0) is 6.54 Å². The van der Waals surface area contributed by atoms with Gasteiger partial charge in [0, 0.05) is 24.4 Å². The normalized spacial score (nSPS) is 10.7. The van der Waals surface area contributed by atoms with E-state index in [1.807, 2.05) is 48.5 Å². The van der Waals surface area contributed by atoms with Gasteiger partial charge in [0.1, 0.15) is 21.9 Å². The largest absolute Gasteiger partial charge is 0.497 e. The number of nitrogens with one attached hydrogen (secondary N) is 1. The Morgan fingerprint density at radius 2 is 1.61 bits per heavy atom. The second-order valence-electron chi connectivity index (χ2n) is 6.82. The Hall–Kier alpha value is -3.51. The molecule has 1 N–H and O–H groups in total. The van der Waals surface area contributed by atoms with Crippen LogP contribution >= 0.6 is 11.6 Å². The summed E-state index contributed by atoms with van der Waals surface area (Å²) in [6.07, 6.45) is 1.77. The molecule has 0 saturated heterocycles. The summed E-state index contributed by atoms with van der Waals surface area (Å²) in [5.74, 6) is 2.13. The Labute approximate surface area is 185 Å². The SMILES string of the molecule is COc1ccc(CNc2cc(Cl)nc3c(-c4ccc(OC)c(OC)c4)ccnc23)cc1. The van der Waals surface area contributed by atoms with Gasteiger partial charge in [0.2, 0.25) is 0 Å². The maximum Gasteiger partial charge on any atom is 0.161 e. The van der Waals surface area contributed by atoms with E-state index in [2.05, 4.69) is 15.3 Å². The number of anilines is 1. The number of aromatic nitrogens is 2. The highest BCUT2D eigenvalue weighted by Gasteiger charge is 2.14. The van der Waals surface area contributed by atoms with Crippen LogP contribution in [0.5, 0.6) is 17.2 Å². The summed E-state index contributed by atoms with van der Waals surface area (Å²) in [4.78, 5) is 9.13. The van der Waals surface area contributed by atoms with Crippen LogP contribution in [0.1, 0.15) is 5.56 Å². The molecule has 0 radical (unpaired) electrons. The summed E-state index contributed by atoms with van der Waals surface area (Å²) in [7, 11) is 4.88. The summed E-state index contributed by atoms with van der Waals surface area (Å²) < 4.78 is 16.0. The van der Waals surface area contributed by atoms with Gasteiger partial charge in [0.25, 0.3) is 0 Å². The number of hydrogen-bond acceptors (Lipinski definition) is 6. The number of nitrogens with zero attached hydrogens (tertiary/aromatic N) is 2. The molecular formula is C24H22ClN3O3. The molecule has 0 bridgehead atoms. The fraction of sp³-hybridized carbons (Fsp3) is 0.167. The molecule has 0 amide bonds. The topological polar surface area (TPSA) is 65.5 Å². The van der Waals surface area contributed by atoms with Gasteiger partial charge in [-0.15, -0.1) is 0 Å². The van der Waals surface area contributed by atoms with E-state index in [0.717, 1.165) is 33.6 Å². The molecule has 0 saturated carbocycles. The van der Waals surface area contributed by atoms with Gasteiger partial charge in [-0.05, 0) is 41.5 Å². The van der Waals surface area contributed by atoms with Crippen molar-refractivity contribution in [3.8, 4) is 28.4 Å². The Morgan fingerprint density at radius 3 is 2.32 bits per heavy atom. The van der Waals surface area contributed by atoms with Crippen LogP contribution in [0.15, 0.2) is 60.8 Å². The van der Waals surface area contributed by atoms with Gasteiger partial charge in [-0.25, -0.2) is 4.98 Å². The van der Waals surface area contributed by atoms with Crippen molar-refractivity contribution < 1.29 is 14.2 Å². The predicted octanol–water partition coefficient (Wildman–Crippen LogP) is 5.59. The van der Waals surface area contributed by atoms with E-state index >= 15 is 0 Å². The molecule has 0 fully saturated rings. The molecule has 0 aliphatic heterocycles. The molecule has 0 aliphatic carbocycles. The van der Waals surface area contributed by atoms with Gasteiger partial charge in [-0.3, -0.25) is 4.98 Å². The van der Waals surface area contributed by atoms with Gasteiger partial charge < -0.3 is 19.5 Å². The van der Waals surface area contributed by atoms with E-state index in [1.165, 1.54) is 0 Å². The highest BCUT2D eigenvalue weighted by molar-refractivity contribution is 6.30. The second kappa shape index (κ2) is 9.10. The van der Waals surface area contributed by atoms with E-state index in [1.54, 1.807) is 33.6 Å². The summed E-state index contributed by atoms with van der Waals surface area (Å²) >= 11 is 6.37. The number of halogens is 1. The summed E-state index contributed by atoms with van der Waals surface area (Å²) in [5, 5.41) is 3.82. The molecular weight excluding hydrogens is 414 g/mol. The van der Waals surface area contributed by atoms with Crippen molar-refractivity contribution >= 4 is 28.3 Å². The van der Waals surface area contributed by atoms with Crippen LogP contribution in [0.3, 0.4) is 0 Å². The zero-order valence-corrected chi connectivity index (χ0v) is 18.2. The van der Waals surface area contributed by atoms with E-state index in [0.29, 0.717) is 28.7 Å². The Bertz CT molecular complexity index is 1210. The fourth-order valence-electron chi connectivity index (χ4n) is 3.40. The number of methoxy groups -OCH3 is 3. The van der Waals surface area contributed by atoms with Gasteiger partial charge in [-0.1, -0.05) is 29.8 Å². The van der Waals surface area contributed by atoms with E-state index in [9.17, 15) is 0 Å². The van der Waals surface area contributed by atoms with Crippen LogP contribution in [0.4, 0.5) is 5.69 Å². The van der Waals surface area contributed by atoms with Gasteiger partial charge >= 0.3 is 0 Å². The first-order valence-corrected chi connectivity index (χ1v) is 10.0. The average Bonchev–Trinajstić information content (AvgIpc) is 2.82. The highest BCUT2D eigenvalue weighted by atomic mass is 35.5. The molecule has 6 nitrogen and oxygen atoms in total. The molecule has 158 valence electrons. The van der Waals surface area contributed by atoms with Crippen molar-refractivity contribution in [3.63, 3.8) is 0 Å². The summed E-state index contributed by atoms with van der Waals surface area (Å²) in [6, 6.07) is 17.3. The number of fused-ring (bicyclic) bond motifs is 1. The molecule has 0 spiro atoms. The van der Waals surface area contributed by atoms with Crippen molar-refractivity contribution in [1.29, 1.82) is 0 Å². The van der Waals surface area contributed by atoms with Crippen molar-refractivity contribution in [1.82, 2.24) is 9.97 Å². The minimum Gasteiger partial charge on any atom is -0.497 e. The van der Waals surface area contributed by atoms with Crippen molar-refractivity contribution in [2.75, 3.05) is 26.6 Å². The molecule has 0 unspecified atom stereocenters. The molecule has 7 heteroatoms. The lowest BCUT2D eigenvalue weighted by atomic mass is 10.0. The van der Waals surface area contributed by atoms with E-state index in [4.69, 9.17) is 25.8 Å². The third-order valence-corrected chi connectivity index (χ3v) is 5.19. The van der Waals surface area contributed by atoms with E-state index < -0.39 is 0 Å². The van der Waals surface area contributed by atoms with E-state index in [-0.39, 0.29) is 0 Å². The number of benzene rings is 2. The first kappa shape index (κ1) is 20.8. The Kier molecular flexibility index (Phi) is 6.09. The van der Waals surface area contributed by atoms with Gasteiger partial charge in [-0.2, -0.15) is 0 Å². The maximum absolute atomic E-state index is 6.37. The molecule has 4 aromatic rings. The summed E-state index contributed by atoms with van der Waals surface area (Å²) in [5.41, 5.74) is 5.21. The number of pyridine rings is 2. The molecule has 0 atom stereocenters. The minimum absolute atomic E-state index is 0.388. The van der Waals surface area contributed by atoms with Gasteiger partial charge in [0.05, 0.1) is 27.0 Å². The van der Waals surface area contributed by atoms with Gasteiger partial charge in [0.15, 0.2) is 11.5 Å². The first-order valence-electron chi connectivity index (χ1n) is 9.67. The quantitative estimate of drug-likeness (QED) is 0.382. The molecule has 31 heavy (non-hydrogen) atoms. The molecule has 4 rings (SSSR count). The lowest BCUT2D eigenvalue weighted by Gasteiger charge is -2.14. The lowest BCUT2D eigenvalue weighted by Crippen LogP contribution is -2.02. The van der Waals surface area contributed by atoms with Crippen LogP contribution in [-0.4, -0.2) is 31.3 Å². The highest BCUT2D eigenvalue weighted by Crippen LogP contribution is 2.36. The summed E-state index contributed by atoms with van der Waals surface area (Å²) in [6.45, 7) is 0.613. The Balaban J connectivity index is 1.72. The fourth-order valence-corrected chi connectivity index (χ4v) is 3.60. The zero-order valence-electron chi connectivity index (χ0n) is 17.5. The second-order valence-corrected chi connectivity index (χ2v) is 7.21. The molecule has 0 aliphatic rings. The lowest BCUT2D eigenvalue weighted by molar-refractivity contribution is 0.355. The number of ether oxygens (including phenoxy) is 3. The standard InChI is InChI=1S/C24H22ClN3O3/c1-29-17-7-4-15(5-8-17)14-27-19-13-22(25)28-23-18(10-11-26-24(19)23)16-6-9-20(30-2)21(12-16)31-3/h4-13H,14H2,1-3H3,(H,27,28).